The number of nitrogens with zero attached hydrogens (tertiary/aromatic N) is 5. The highest BCUT2D eigenvalue weighted by atomic mass is 19.4. The van der Waals surface area contributed by atoms with Crippen LogP contribution in [0.2, 0.25) is 0 Å². The molecule has 0 fully saturated rings. The highest BCUT2D eigenvalue weighted by Crippen LogP contribution is 2.26. The summed E-state index contributed by atoms with van der Waals surface area (Å²) < 4.78 is 39.4. The molecule has 4 rings (SSSR count). The van der Waals surface area contributed by atoms with Gasteiger partial charge in [0, 0.05) is 24.3 Å². The fourth-order valence-electron chi connectivity index (χ4n) is 2.74. The maximum atomic E-state index is 10.6. The molecule has 0 radical (unpaired) electrons. The van der Waals surface area contributed by atoms with Crippen molar-refractivity contribution >= 4 is 33.7 Å². The molecule has 0 amide bonds. The first-order valence-corrected chi connectivity index (χ1v) is 9.40. The van der Waals surface area contributed by atoms with E-state index in [-0.39, 0.29) is 0 Å². The number of hydrogen-bond acceptors (Lipinski definition) is 7. The number of fused-ring (bicyclic) bond motifs is 3. The Hall–Kier alpha value is -4.24. The summed E-state index contributed by atoms with van der Waals surface area (Å²) in [5, 5.41) is 8.15. The zero-order chi connectivity index (χ0) is 23.8. The van der Waals surface area contributed by atoms with Gasteiger partial charge in [0.05, 0.1) is 24.0 Å². The first-order chi connectivity index (χ1) is 15.8. The highest BCUT2D eigenvalue weighted by Gasteiger charge is 2.38. The molecule has 0 aliphatic heterocycles. The van der Waals surface area contributed by atoms with Gasteiger partial charge in [0.2, 0.25) is 5.82 Å². The number of anilines is 1. The van der Waals surface area contributed by atoms with Crippen molar-refractivity contribution in [2.24, 2.45) is 0 Å². The third-order valence-electron chi connectivity index (χ3n) is 4.14. The van der Waals surface area contributed by atoms with E-state index in [1.54, 1.807) is 24.8 Å². The lowest BCUT2D eigenvalue weighted by molar-refractivity contribution is -0.192. The molecule has 0 saturated carbocycles. The number of hydrogen-bond donors (Lipinski definition) is 2. The minimum Gasteiger partial charge on any atom is -0.475 e. The van der Waals surface area contributed by atoms with Crippen molar-refractivity contribution in [3.63, 3.8) is 0 Å². The van der Waals surface area contributed by atoms with Crippen molar-refractivity contribution in [1.82, 2.24) is 24.5 Å². The fourth-order valence-corrected chi connectivity index (χ4v) is 2.74. The molecule has 0 aliphatic carbocycles. The largest absolute Gasteiger partial charge is 0.490 e. The Morgan fingerprint density at radius 1 is 1.15 bits per heavy atom. The van der Waals surface area contributed by atoms with Gasteiger partial charge in [-0.1, -0.05) is 24.1 Å². The van der Waals surface area contributed by atoms with Gasteiger partial charge >= 0.3 is 12.1 Å². The second-order valence-corrected chi connectivity index (χ2v) is 6.38. The van der Waals surface area contributed by atoms with Crippen LogP contribution in [0.25, 0.3) is 21.9 Å². The molecule has 170 valence electrons. The summed E-state index contributed by atoms with van der Waals surface area (Å²) in [6, 6.07) is 9.64. The quantitative estimate of drug-likeness (QED) is 0.353. The number of benzene rings is 1. The molecule has 0 spiro atoms. The first-order valence-electron chi connectivity index (χ1n) is 9.40. The van der Waals surface area contributed by atoms with Crippen molar-refractivity contribution in [2.75, 3.05) is 18.9 Å². The molecular formula is C21H17F3N6O3. The Balaban J connectivity index is 0.000000383. The summed E-state index contributed by atoms with van der Waals surface area (Å²) in [6.45, 7) is 1.47. The van der Waals surface area contributed by atoms with Gasteiger partial charge in [-0.3, -0.25) is 0 Å². The van der Waals surface area contributed by atoms with E-state index >= 15 is 0 Å². The fraction of sp³-hybridized carbons (Fsp3) is 0.190. The van der Waals surface area contributed by atoms with Gasteiger partial charge in [0.15, 0.2) is 5.82 Å². The number of rotatable bonds is 4. The van der Waals surface area contributed by atoms with Gasteiger partial charge in [0.25, 0.3) is 0 Å². The summed E-state index contributed by atoms with van der Waals surface area (Å²) in [5.74, 6) is 3.94. The Kier molecular flexibility index (Phi) is 7.37. The number of pyridine rings is 1. The number of aromatic nitrogens is 5. The van der Waals surface area contributed by atoms with E-state index in [0.717, 1.165) is 16.4 Å². The average Bonchev–Trinajstić information content (AvgIpc) is 3.22. The number of ether oxygens (including phenoxy) is 1. The molecule has 0 saturated heterocycles. The van der Waals surface area contributed by atoms with Crippen LogP contribution in [0.15, 0.2) is 49.1 Å². The number of carbonyl (C=O) groups is 1. The molecule has 3 N–H and O–H groups in total. The van der Waals surface area contributed by atoms with Crippen LogP contribution < -0.4 is 5.73 Å². The van der Waals surface area contributed by atoms with Crippen LogP contribution in [0.4, 0.5) is 19.0 Å². The zero-order valence-electron chi connectivity index (χ0n) is 17.0. The second kappa shape index (κ2) is 10.4. The Morgan fingerprint density at radius 2 is 1.85 bits per heavy atom. The van der Waals surface area contributed by atoms with Gasteiger partial charge in [-0.15, -0.1) is 0 Å². The molecular weight excluding hydrogens is 441 g/mol. The van der Waals surface area contributed by atoms with Gasteiger partial charge in [0.1, 0.15) is 12.1 Å². The van der Waals surface area contributed by atoms with Crippen molar-refractivity contribution in [3.05, 3.63) is 54.9 Å². The number of halogens is 3. The van der Waals surface area contributed by atoms with E-state index in [1.807, 2.05) is 28.8 Å². The van der Waals surface area contributed by atoms with Crippen LogP contribution in [0.5, 0.6) is 0 Å². The van der Waals surface area contributed by atoms with E-state index < -0.39 is 12.1 Å². The van der Waals surface area contributed by atoms with Crippen molar-refractivity contribution in [3.8, 4) is 11.8 Å². The first kappa shape index (κ1) is 23.4. The summed E-state index contributed by atoms with van der Waals surface area (Å²) in [7, 11) is 0. The molecule has 9 nitrogen and oxygen atoms in total. The molecule has 0 atom stereocenters. The Labute approximate surface area is 185 Å². The standard InChI is InChI=1S/C19H16N6O.C2HF3O2/c20-19-17-18(14-5-1-2-6-15(14)24-19)25(13-23-17)10-12-26-11-3-7-16-21-8-4-9-22-16;3-2(4,5)1(6)7/h1-2,4-6,8-9,13H,10-12H2,(H2,20,24);(H,6,7). The zero-order valence-corrected chi connectivity index (χ0v) is 17.0. The second-order valence-electron chi connectivity index (χ2n) is 6.38. The number of imidazole rings is 1. The lowest BCUT2D eigenvalue weighted by Crippen LogP contribution is -2.21. The van der Waals surface area contributed by atoms with E-state index in [9.17, 15) is 13.2 Å². The number of carboxylic acid groups (broad SMARTS) is 1. The minimum atomic E-state index is -5.08. The number of carboxylic acids is 1. The monoisotopic (exact) mass is 458 g/mol. The van der Waals surface area contributed by atoms with Crippen molar-refractivity contribution in [1.29, 1.82) is 0 Å². The van der Waals surface area contributed by atoms with Crippen LogP contribution in [-0.4, -0.2) is 55.0 Å². The van der Waals surface area contributed by atoms with Gasteiger partial charge in [-0.2, -0.15) is 13.2 Å². The van der Waals surface area contributed by atoms with E-state index in [4.69, 9.17) is 20.4 Å². The third-order valence-corrected chi connectivity index (χ3v) is 4.14. The predicted octanol–water partition coefficient (Wildman–Crippen LogP) is 2.66. The lowest BCUT2D eigenvalue weighted by Gasteiger charge is -2.07. The molecule has 1 aromatic carbocycles. The lowest BCUT2D eigenvalue weighted by atomic mass is 10.2. The number of para-hydroxylation sites is 1. The van der Waals surface area contributed by atoms with Gasteiger partial charge in [-0.25, -0.2) is 24.7 Å². The van der Waals surface area contributed by atoms with E-state index in [2.05, 4.69) is 31.8 Å². The maximum Gasteiger partial charge on any atom is 0.490 e. The van der Waals surface area contributed by atoms with Crippen LogP contribution in [-0.2, 0) is 16.1 Å². The minimum absolute atomic E-state index is 0.315. The summed E-state index contributed by atoms with van der Waals surface area (Å²) in [6.07, 6.45) is 0.00179. The molecule has 12 heteroatoms. The smallest absolute Gasteiger partial charge is 0.475 e. The summed E-state index contributed by atoms with van der Waals surface area (Å²) >= 11 is 0. The van der Waals surface area contributed by atoms with Crippen LogP contribution in [0, 0.1) is 11.8 Å². The molecule has 0 bridgehead atoms. The van der Waals surface area contributed by atoms with Gasteiger partial charge in [-0.05, 0) is 18.1 Å². The number of nitrogen functional groups attached to an aromatic ring is 1. The van der Waals surface area contributed by atoms with E-state index in [0.29, 0.717) is 36.9 Å². The SMILES string of the molecule is Nc1nc2ccccc2c2c1ncn2CCOCC#Cc1ncccn1.O=C(O)C(F)(F)F. The van der Waals surface area contributed by atoms with Gasteiger partial charge < -0.3 is 20.1 Å². The molecule has 33 heavy (non-hydrogen) atoms. The number of alkyl halides is 3. The Morgan fingerprint density at radius 3 is 2.55 bits per heavy atom. The third kappa shape index (κ3) is 6.14. The van der Waals surface area contributed by atoms with Crippen molar-refractivity contribution in [2.45, 2.75) is 12.7 Å². The predicted molar refractivity (Wildman–Crippen MR) is 113 cm³/mol. The summed E-state index contributed by atoms with van der Waals surface area (Å²) in [5.41, 5.74) is 8.58. The highest BCUT2D eigenvalue weighted by molar-refractivity contribution is 6.06. The molecule has 0 unspecified atom stereocenters. The van der Waals surface area contributed by atoms with E-state index in [1.165, 1.54) is 0 Å². The molecule has 3 aromatic heterocycles. The Bertz CT molecular complexity index is 1310. The normalized spacial score (nSPS) is 10.9. The van der Waals surface area contributed by atoms with Crippen LogP contribution in [0.1, 0.15) is 5.82 Å². The molecule has 4 aromatic rings. The van der Waals surface area contributed by atoms with Crippen LogP contribution >= 0.6 is 0 Å². The van der Waals surface area contributed by atoms with Crippen molar-refractivity contribution < 1.29 is 27.8 Å². The molecule has 0 aliphatic rings. The maximum absolute atomic E-state index is 10.6. The molecule has 3 heterocycles. The topological polar surface area (TPSA) is 129 Å². The average molecular weight is 458 g/mol. The summed E-state index contributed by atoms with van der Waals surface area (Å²) in [4.78, 5) is 25.8. The van der Waals surface area contributed by atoms with Crippen LogP contribution in [0.3, 0.4) is 0 Å². The number of nitrogens with two attached hydrogens (primary N) is 1. The number of aliphatic carboxylic acids is 1.